The number of para-hydroxylation sites is 1. The predicted molar refractivity (Wildman–Crippen MR) is 79.0 cm³/mol. The van der Waals surface area contributed by atoms with E-state index in [2.05, 4.69) is 5.32 Å². The normalized spacial score (nSPS) is 10.2. The molecule has 1 amide bonds. The summed E-state index contributed by atoms with van der Waals surface area (Å²) in [7, 11) is 0. The van der Waals surface area contributed by atoms with Crippen molar-refractivity contribution in [1.29, 1.82) is 0 Å². The van der Waals surface area contributed by atoms with E-state index >= 15 is 0 Å². The minimum atomic E-state index is 0.00820. The molecule has 0 aliphatic heterocycles. The number of rotatable bonds is 4. The van der Waals surface area contributed by atoms with E-state index < -0.39 is 0 Å². The van der Waals surface area contributed by atoms with Gasteiger partial charge >= 0.3 is 0 Å². The van der Waals surface area contributed by atoms with Gasteiger partial charge in [-0.15, -0.1) is 0 Å². The fraction of sp³-hybridized carbons (Fsp3) is 0.188. The van der Waals surface area contributed by atoms with Gasteiger partial charge in [0, 0.05) is 17.8 Å². The molecule has 0 aliphatic carbocycles. The van der Waals surface area contributed by atoms with Crippen LogP contribution in [0.15, 0.2) is 48.5 Å². The van der Waals surface area contributed by atoms with E-state index in [1.165, 1.54) is 0 Å². The van der Waals surface area contributed by atoms with Gasteiger partial charge in [0.05, 0.1) is 0 Å². The molecule has 2 aromatic carbocycles. The molecule has 0 aromatic heterocycles. The number of nitrogens with two attached hydrogens (primary N) is 1. The maximum atomic E-state index is 11.9. The highest BCUT2D eigenvalue weighted by molar-refractivity contribution is 5.90. The number of nitrogens with one attached hydrogen (secondary N) is 1. The van der Waals surface area contributed by atoms with Crippen molar-refractivity contribution in [2.24, 2.45) is 0 Å². The van der Waals surface area contributed by atoms with Crippen LogP contribution in [-0.2, 0) is 11.2 Å². The molecule has 0 bridgehead atoms. The summed E-state index contributed by atoms with van der Waals surface area (Å²) in [5.41, 5.74) is 9.57. The molecule has 3 N–H and O–H groups in total. The Hall–Kier alpha value is -2.29. The lowest BCUT2D eigenvalue weighted by Gasteiger charge is -2.07. The third kappa shape index (κ3) is 3.85. The molecular weight excluding hydrogens is 236 g/mol. The summed E-state index contributed by atoms with van der Waals surface area (Å²) in [5, 5.41) is 2.89. The topological polar surface area (TPSA) is 55.1 Å². The van der Waals surface area contributed by atoms with Crippen LogP contribution in [0.2, 0.25) is 0 Å². The van der Waals surface area contributed by atoms with Gasteiger partial charge < -0.3 is 11.1 Å². The van der Waals surface area contributed by atoms with Crippen LogP contribution in [0.1, 0.15) is 17.5 Å². The van der Waals surface area contributed by atoms with Crippen molar-refractivity contribution < 1.29 is 4.79 Å². The minimum Gasteiger partial charge on any atom is -0.399 e. The summed E-state index contributed by atoms with van der Waals surface area (Å²) in [6.07, 6.45) is 1.09. The van der Waals surface area contributed by atoms with Gasteiger partial charge in [-0.3, -0.25) is 4.79 Å². The Morgan fingerprint density at radius 2 is 1.95 bits per heavy atom. The second-order valence-electron chi connectivity index (χ2n) is 4.62. The van der Waals surface area contributed by atoms with E-state index in [-0.39, 0.29) is 5.91 Å². The molecule has 0 aliphatic rings. The molecule has 2 aromatic rings. The van der Waals surface area contributed by atoms with Gasteiger partial charge in [0.1, 0.15) is 0 Å². The lowest BCUT2D eigenvalue weighted by molar-refractivity contribution is -0.116. The Bertz CT molecular complexity index is 578. The molecule has 0 heterocycles. The number of carbonyl (C=O) groups is 1. The number of nitrogen functional groups attached to an aromatic ring is 1. The number of amides is 1. The van der Waals surface area contributed by atoms with Crippen molar-refractivity contribution in [1.82, 2.24) is 0 Å². The van der Waals surface area contributed by atoms with Crippen molar-refractivity contribution in [3.8, 4) is 0 Å². The number of aryl methyl sites for hydroxylation is 2. The van der Waals surface area contributed by atoms with E-state index in [0.29, 0.717) is 12.8 Å². The highest BCUT2D eigenvalue weighted by Crippen LogP contribution is 2.14. The van der Waals surface area contributed by atoms with Gasteiger partial charge in [-0.05, 0) is 42.7 Å². The Balaban J connectivity index is 1.90. The Morgan fingerprint density at radius 3 is 2.68 bits per heavy atom. The molecule has 19 heavy (non-hydrogen) atoms. The van der Waals surface area contributed by atoms with Crippen molar-refractivity contribution in [3.63, 3.8) is 0 Å². The molecule has 0 radical (unpaired) electrons. The maximum Gasteiger partial charge on any atom is 0.224 e. The monoisotopic (exact) mass is 254 g/mol. The molecule has 3 heteroatoms. The number of anilines is 2. The van der Waals surface area contributed by atoms with Gasteiger partial charge in [-0.25, -0.2) is 0 Å². The van der Waals surface area contributed by atoms with Crippen molar-refractivity contribution in [3.05, 3.63) is 59.7 Å². The molecular formula is C16H18N2O. The van der Waals surface area contributed by atoms with E-state index in [1.54, 1.807) is 0 Å². The first kappa shape index (κ1) is 13.1. The quantitative estimate of drug-likeness (QED) is 0.823. The Morgan fingerprint density at radius 1 is 1.16 bits per heavy atom. The zero-order valence-electron chi connectivity index (χ0n) is 11.0. The maximum absolute atomic E-state index is 11.9. The van der Waals surface area contributed by atoms with Crippen LogP contribution < -0.4 is 11.1 Å². The van der Waals surface area contributed by atoms with Gasteiger partial charge in [0.25, 0.3) is 0 Å². The zero-order chi connectivity index (χ0) is 13.7. The molecule has 0 saturated carbocycles. The summed E-state index contributed by atoms with van der Waals surface area (Å²) in [5.74, 6) is 0.00820. The highest BCUT2D eigenvalue weighted by Gasteiger charge is 2.05. The smallest absolute Gasteiger partial charge is 0.224 e. The number of hydrogen-bond acceptors (Lipinski definition) is 2. The SMILES string of the molecule is Cc1cccc(NC(=O)CCc2ccccc2N)c1. The van der Waals surface area contributed by atoms with Gasteiger partial charge in [-0.2, -0.15) is 0 Å². The zero-order valence-corrected chi connectivity index (χ0v) is 11.0. The van der Waals surface area contributed by atoms with Crippen LogP contribution in [-0.4, -0.2) is 5.91 Å². The highest BCUT2D eigenvalue weighted by atomic mass is 16.1. The molecule has 0 fully saturated rings. The number of hydrogen-bond donors (Lipinski definition) is 2. The summed E-state index contributed by atoms with van der Waals surface area (Å²) in [6, 6.07) is 15.4. The van der Waals surface area contributed by atoms with Gasteiger partial charge in [0.15, 0.2) is 0 Å². The van der Waals surface area contributed by atoms with Crippen molar-refractivity contribution in [2.75, 3.05) is 11.1 Å². The average Bonchev–Trinajstić information content (AvgIpc) is 2.38. The fourth-order valence-electron chi connectivity index (χ4n) is 1.96. The van der Waals surface area contributed by atoms with Gasteiger partial charge in [0.2, 0.25) is 5.91 Å². The van der Waals surface area contributed by atoms with Crippen LogP contribution in [0.3, 0.4) is 0 Å². The van der Waals surface area contributed by atoms with E-state index in [1.807, 2.05) is 55.5 Å². The minimum absolute atomic E-state index is 0.00820. The largest absolute Gasteiger partial charge is 0.399 e. The van der Waals surface area contributed by atoms with Crippen LogP contribution in [0, 0.1) is 6.92 Å². The second-order valence-corrected chi connectivity index (χ2v) is 4.62. The van der Waals surface area contributed by atoms with E-state index in [9.17, 15) is 4.79 Å². The molecule has 0 saturated heterocycles. The number of carbonyl (C=O) groups excluding carboxylic acids is 1. The first-order valence-corrected chi connectivity index (χ1v) is 6.35. The first-order valence-electron chi connectivity index (χ1n) is 6.35. The summed E-state index contributed by atoms with van der Waals surface area (Å²) in [4.78, 5) is 11.9. The lowest BCUT2D eigenvalue weighted by atomic mass is 10.1. The third-order valence-corrected chi connectivity index (χ3v) is 2.98. The van der Waals surface area contributed by atoms with Crippen LogP contribution in [0.25, 0.3) is 0 Å². The second kappa shape index (κ2) is 6.05. The predicted octanol–water partition coefficient (Wildman–Crippen LogP) is 3.15. The summed E-state index contributed by atoms with van der Waals surface area (Å²) >= 11 is 0. The molecule has 0 unspecified atom stereocenters. The standard InChI is InChI=1S/C16H18N2O/c1-12-5-4-7-14(11-12)18-16(19)10-9-13-6-2-3-8-15(13)17/h2-8,11H,9-10,17H2,1H3,(H,18,19). The molecule has 3 nitrogen and oxygen atoms in total. The first-order chi connectivity index (χ1) is 9.15. The number of benzene rings is 2. The molecule has 0 atom stereocenters. The lowest BCUT2D eigenvalue weighted by Crippen LogP contribution is -2.12. The molecule has 98 valence electrons. The van der Waals surface area contributed by atoms with E-state index in [0.717, 1.165) is 22.5 Å². The van der Waals surface area contributed by atoms with Crippen LogP contribution >= 0.6 is 0 Å². The van der Waals surface area contributed by atoms with Crippen LogP contribution in [0.5, 0.6) is 0 Å². The molecule has 2 rings (SSSR count). The Labute approximate surface area is 113 Å². The van der Waals surface area contributed by atoms with Crippen molar-refractivity contribution in [2.45, 2.75) is 19.8 Å². The summed E-state index contributed by atoms with van der Waals surface area (Å²) in [6.45, 7) is 2.00. The third-order valence-electron chi connectivity index (χ3n) is 2.98. The Kier molecular flexibility index (Phi) is 4.18. The van der Waals surface area contributed by atoms with Crippen molar-refractivity contribution >= 4 is 17.3 Å². The fourth-order valence-corrected chi connectivity index (χ4v) is 1.96. The summed E-state index contributed by atoms with van der Waals surface area (Å²) < 4.78 is 0. The van der Waals surface area contributed by atoms with E-state index in [4.69, 9.17) is 5.73 Å². The average molecular weight is 254 g/mol. The van der Waals surface area contributed by atoms with Gasteiger partial charge in [-0.1, -0.05) is 30.3 Å². The van der Waals surface area contributed by atoms with Crippen LogP contribution in [0.4, 0.5) is 11.4 Å². The molecule has 0 spiro atoms.